The van der Waals surface area contributed by atoms with Gasteiger partial charge in [0.15, 0.2) is 0 Å². The van der Waals surface area contributed by atoms with Gasteiger partial charge in [-0.1, -0.05) is 11.6 Å². The third kappa shape index (κ3) is 3.08. The third-order valence-corrected chi connectivity index (χ3v) is 2.39. The van der Waals surface area contributed by atoms with Gasteiger partial charge in [-0.3, -0.25) is 10.1 Å². The highest BCUT2D eigenvalue weighted by Crippen LogP contribution is 2.32. The molecule has 0 N–H and O–H groups in total. The molecule has 0 amide bonds. The Kier molecular flexibility index (Phi) is 3.76. The average molecular weight is 282 g/mol. The van der Waals surface area contributed by atoms with Crippen molar-refractivity contribution in [2.24, 2.45) is 0 Å². The number of nitro benzene ring substituents is 1. The first kappa shape index (κ1) is 13.0. The Bertz CT molecular complexity index is 621. The lowest BCUT2D eigenvalue weighted by atomic mass is 10.3. The maximum atomic E-state index is 10.7. The fourth-order valence-electron chi connectivity index (χ4n) is 1.37. The van der Waals surface area contributed by atoms with Crippen molar-refractivity contribution < 1.29 is 14.4 Å². The van der Waals surface area contributed by atoms with Gasteiger partial charge in [0, 0.05) is 18.2 Å². The summed E-state index contributed by atoms with van der Waals surface area (Å²) in [6, 6.07) is 5.55. The Hall–Kier alpha value is -2.41. The molecule has 98 valence electrons. The first-order valence-corrected chi connectivity index (χ1v) is 5.46. The van der Waals surface area contributed by atoms with Gasteiger partial charge in [-0.15, -0.1) is 0 Å². The number of rotatable bonds is 4. The van der Waals surface area contributed by atoms with E-state index in [1.807, 2.05) is 0 Å². The molecule has 0 aliphatic heterocycles. The van der Waals surface area contributed by atoms with Crippen LogP contribution in [-0.2, 0) is 0 Å². The van der Waals surface area contributed by atoms with E-state index >= 15 is 0 Å². The molecule has 0 fully saturated rings. The van der Waals surface area contributed by atoms with Crippen molar-refractivity contribution in [3.63, 3.8) is 0 Å². The molecule has 19 heavy (non-hydrogen) atoms. The predicted molar refractivity (Wildman–Crippen MR) is 66.8 cm³/mol. The maximum absolute atomic E-state index is 10.7. The summed E-state index contributed by atoms with van der Waals surface area (Å²) in [7, 11) is 1.34. The number of halogens is 1. The smallest absolute Gasteiger partial charge is 0.311 e. The number of nitrogens with zero attached hydrogens (tertiary/aromatic N) is 3. The minimum absolute atomic E-state index is 0.0997. The standard InChI is InChI=1S/C11H8ClN3O4/c1-18-9-4-7(2-3-8(9)15(16)17)19-11-5-10(12)13-6-14-11/h2-6H,1H3. The van der Waals surface area contributed by atoms with Crippen molar-refractivity contribution >= 4 is 17.3 Å². The molecular weight excluding hydrogens is 274 g/mol. The van der Waals surface area contributed by atoms with E-state index in [1.165, 1.54) is 37.7 Å². The summed E-state index contributed by atoms with van der Waals surface area (Å²) in [5.41, 5.74) is -0.143. The molecule has 0 aliphatic rings. The molecule has 2 rings (SSSR count). The molecule has 8 heteroatoms. The van der Waals surface area contributed by atoms with Crippen molar-refractivity contribution in [3.8, 4) is 17.4 Å². The van der Waals surface area contributed by atoms with Gasteiger partial charge in [0.1, 0.15) is 17.2 Å². The Morgan fingerprint density at radius 2 is 2.11 bits per heavy atom. The fraction of sp³-hybridized carbons (Fsp3) is 0.0909. The van der Waals surface area contributed by atoms with Crippen molar-refractivity contribution in [2.45, 2.75) is 0 Å². The van der Waals surface area contributed by atoms with Gasteiger partial charge in [0.05, 0.1) is 12.0 Å². The first-order valence-electron chi connectivity index (χ1n) is 5.08. The van der Waals surface area contributed by atoms with E-state index in [4.69, 9.17) is 21.1 Å². The van der Waals surface area contributed by atoms with Crippen LogP contribution in [-0.4, -0.2) is 22.0 Å². The van der Waals surface area contributed by atoms with Crippen LogP contribution in [0.4, 0.5) is 5.69 Å². The highest BCUT2D eigenvalue weighted by Gasteiger charge is 2.15. The van der Waals surface area contributed by atoms with Gasteiger partial charge >= 0.3 is 5.69 Å². The van der Waals surface area contributed by atoms with Crippen molar-refractivity contribution in [3.05, 3.63) is 45.9 Å². The van der Waals surface area contributed by atoms with E-state index in [0.717, 1.165) is 0 Å². The molecule has 1 heterocycles. The molecule has 1 aromatic carbocycles. The Labute approximate surface area is 112 Å². The largest absolute Gasteiger partial charge is 0.490 e. The highest BCUT2D eigenvalue weighted by atomic mass is 35.5. The van der Waals surface area contributed by atoms with E-state index in [1.54, 1.807) is 0 Å². The molecule has 0 saturated heterocycles. The number of aromatic nitrogens is 2. The van der Waals surface area contributed by atoms with E-state index in [-0.39, 0.29) is 22.5 Å². The molecule has 0 atom stereocenters. The van der Waals surface area contributed by atoms with Crippen LogP contribution in [0.5, 0.6) is 17.4 Å². The Morgan fingerprint density at radius 1 is 1.32 bits per heavy atom. The van der Waals surface area contributed by atoms with Crippen LogP contribution in [0.25, 0.3) is 0 Å². The second-order valence-corrected chi connectivity index (χ2v) is 3.76. The van der Waals surface area contributed by atoms with Gasteiger partial charge in [0.2, 0.25) is 11.6 Å². The van der Waals surface area contributed by atoms with E-state index in [9.17, 15) is 10.1 Å². The van der Waals surface area contributed by atoms with Crippen LogP contribution in [0.1, 0.15) is 0 Å². The van der Waals surface area contributed by atoms with Gasteiger partial charge in [-0.25, -0.2) is 9.97 Å². The van der Waals surface area contributed by atoms with Crippen LogP contribution in [0.15, 0.2) is 30.6 Å². The second-order valence-electron chi connectivity index (χ2n) is 3.37. The van der Waals surface area contributed by atoms with Gasteiger partial charge in [-0.2, -0.15) is 0 Å². The number of methoxy groups -OCH3 is 1. The van der Waals surface area contributed by atoms with Gasteiger partial charge in [0.25, 0.3) is 0 Å². The lowest BCUT2D eigenvalue weighted by Gasteiger charge is -2.06. The van der Waals surface area contributed by atoms with Gasteiger partial charge < -0.3 is 9.47 Å². The zero-order chi connectivity index (χ0) is 13.8. The quantitative estimate of drug-likeness (QED) is 0.486. The SMILES string of the molecule is COc1cc(Oc2cc(Cl)ncn2)ccc1[N+](=O)[O-]. The molecule has 0 saturated carbocycles. The minimum Gasteiger partial charge on any atom is -0.490 e. The average Bonchev–Trinajstić information content (AvgIpc) is 2.38. The molecule has 0 aliphatic carbocycles. The molecule has 0 unspecified atom stereocenters. The van der Waals surface area contributed by atoms with Crippen molar-refractivity contribution in [2.75, 3.05) is 7.11 Å². The van der Waals surface area contributed by atoms with Crippen LogP contribution in [0.3, 0.4) is 0 Å². The summed E-state index contributed by atoms with van der Waals surface area (Å²) in [5.74, 6) is 0.677. The van der Waals surface area contributed by atoms with Crippen LogP contribution in [0, 0.1) is 10.1 Å². The van der Waals surface area contributed by atoms with Gasteiger partial charge in [-0.05, 0) is 6.07 Å². The number of hydrogen-bond donors (Lipinski definition) is 0. The molecule has 7 nitrogen and oxygen atoms in total. The summed E-state index contributed by atoms with van der Waals surface area (Å²) in [5, 5.41) is 11.0. The minimum atomic E-state index is -0.538. The summed E-state index contributed by atoms with van der Waals surface area (Å²) in [6.07, 6.45) is 1.25. The molecule has 2 aromatic rings. The fourth-order valence-corrected chi connectivity index (χ4v) is 1.50. The first-order chi connectivity index (χ1) is 9.10. The highest BCUT2D eigenvalue weighted by molar-refractivity contribution is 6.29. The molecule has 0 spiro atoms. The summed E-state index contributed by atoms with van der Waals surface area (Å²) >= 11 is 5.69. The third-order valence-electron chi connectivity index (χ3n) is 2.18. The monoisotopic (exact) mass is 281 g/mol. The zero-order valence-corrected chi connectivity index (χ0v) is 10.5. The lowest BCUT2D eigenvalue weighted by Crippen LogP contribution is -1.95. The van der Waals surface area contributed by atoms with E-state index in [0.29, 0.717) is 5.75 Å². The van der Waals surface area contributed by atoms with Crippen LogP contribution in [0.2, 0.25) is 5.15 Å². The number of benzene rings is 1. The summed E-state index contributed by atoms with van der Waals surface area (Å²) in [6.45, 7) is 0. The summed E-state index contributed by atoms with van der Waals surface area (Å²) < 4.78 is 10.3. The molecule has 0 bridgehead atoms. The van der Waals surface area contributed by atoms with Crippen molar-refractivity contribution in [1.29, 1.82) is 0 Å². The van der Waals surface area contributed by atoms with Crippen molar-refractivity contribution in [1.82, 2.24) is 9.97 Å². The summed E-state index contributed by atoms with van der Waals surface area (Å²) in [4.78, 5) is 17.8. The van der Waals surface area contributed by atoms with E-state index < -0.39 is 4.92 Å². The maximum Gasteiger partial charge on any atom is 0.311 e. The van der Waals surface area contributed by atoms with E-state index in [2.05, 4.69) is 9.97 Å². The molecule has 0 radical (unpaired) electrons. The Balaban J connectivity index is 2.29. The number of nitro groups is 1. The second kappa shape index (κ2) is 5.49. The Morgan fingerprint density at radius 3 is 2.74 bits per heavy atom. The zero-order valence-electron chi connectivity index (χ0n) is 9.74. The van der Waals surface area contributed by atoms with Crippen LogP contribution >= 0.6 is 11.6 Å². The molecular formula is C11H8ClN3O4. The normalized spacial score (nSPS) is 10.0. The number of hydrogen-bond acceptors (Lipinski definition) is 6. The molecule has 1 aromatic heterocycles. The lowest BCUT2D eigenvalue weighted by molar-refractivity contribution is -0.385. The number of ether oxygens (including phenoxy) is 2. The predicted octanol–water partition coefficient (Wildman–Crippen LogP) is 2.84. The topological polar surface area (TPSA) is 87.4 Å². The van der Waals surface area contributed by atoms with Crippen LogP contribution < -0.4 is 9.47 Å².